The van der Waals surface area contributed by atoms with Gasteiger partial charge in [-0.3, -0.25) is 0 Å². The molecule has 3 aromatic rings. The molecule has 1 atom stereocenters. The van der Waals surface area contributed by atoms with Crippen molar-refractivity contribution in [1.29, 1.82) is 0 Å². The van der Waals surface area contributed by atoms with E-state index in [1.54, 1.807) is 13.3 Å². The molecule has 0 unspecified atom stereocenters. The SMILES string of the molecule is COC[C@H](C)Nc1ncc2c(-c3cnc(C)o3)cc([C@H]3CC[C@H](O)CC3)n2n1. The van der Waals surface area contributed by atoms with Crippen molar-refractivity contribution in [3.63, 3.8) is 0 Å². The number of methoxy groups -OCH3 is 1. The first-order chi connectivity index (χ1) is 13.5. The molecule has 0 radical (unpaired) electrons. The van der Waals surface area contributed by atoms with Gasteiger partial charge >= 0.3 is 0 Å². The van der Waals surface area contributed by atoms with Crippen molar-refractivity contribution in [1.82, 2.24) is 19.6 Å². The van der Waals surface area contributed by atoms with Crippen LogP contribution in [0.3, 0.4) is 0 Å². The van der Waals surface area contributed by atoms with Crippen LogP contribution in [-0.2, 0) is 4.74 Å². The van der Waals surface area contributed by atoms with E-state index in [0.717, 1.165) is 42.5 Å². The Kier molecular flexibility index (Phi) is 5.32. The van der Waals surface area contributed by atoms with E-state index in [9.17, 15) is 5.11 Å². The minimum Gasteiger partial charge on any atom is -0.441 e. The molecule has 1 aliphatic carbocycles. The normalized spacial score (nSPS) is 21.1. The Morgan fingerprint density at radius 2 is 2.07 bits per heavy atom. The zero-order chi connectivity index (χ0) is 19.7. The van der Waals surface area contributed by atoms with Gasteiger partial charge in [0.15, 0.2) is 11.7 Å². The number of fused-ring (bicyclic) bond motifs is 1. The van der Waals surface area contributed by atoms with Crippen LogP contribution < -0.4 is 5.32 Å². The van der Waals surface area contributed by atoms with E-state index in [0.29, 0.717) is 30.1 Å². The summed E-state index contributed by atoms with van der Waals surface area (Å²) in [5.41, 5.74) is 2.95. The summed E-state index contributed by atoms with van der Waals surface area (Å²) >= 11 is 0. The van der Waals surface area contributed by atoms with Gasteiger partial charge in [0.1, 0.15) is 0 Å². The number of hydrogen-bond acceptors (Lipinski definition) is 7. The second kappa shape index (κ2) is 7.89. The van der Waals surface area contributed by atoms with Gasteiger partial charge in [0, 0.05) is 37.3 Å². The second-order valence-electron chi connectivity index (χ2n) is 7.61. The summed E-state index contributed by atoms with van der Waals surface area (Å²) in [7, 11) is 1.68. The maximum Gasteiger partial charge on any atom is 0.241 e. The molecule has 3 heterocycles. The highest BCUT2D eigenvalue weighted by Crippen LogP contribution is 2.37. The lowest BCUT2D eigenvalue weighted by molar-refractivity contribution is 0.121. The van der Waals surface area contributed by atoms with Crippen LogP contribution in [0.2, 0.25) is 0 Å². The van der Waals surface area contributed by atoms with Crippen molar-refractivity contribution in [2.24, 2.45) is 0 Å². The zero-order valence-electron chi connectivity index (χ0n) is 16.6. The van der Waals surface area contributed by atoms with E-state index < -0.39 is 0 Å². The third-order valence-electron chi connectivity index (χ3n) is 5.34. The fraction of sp³-hybridized carbons (Fsp3) is 0.550. The van der Waals surface area contributed by atoms with Crippen molar-refractivity contribution in [2.45, 2.75) is 57.6 Å². The summed E-state index contributed by atoms with van der Waals surface area (Å²) in [4.78, 5) is 8.72. The van der Waals surface area contributed by atoms with Crippen molar-refractivity contribution >= 4 is 11.5 Å². The van der Waals surface area contributed by atoms with Crippen LogP contribution in [0.25, 0.3) is 16.8 Å². The molecule has 2 N–H and O–H groups in total. The fourth-order valence-electron chi connectivity index (χ4n) is 3.94. The second-order valence-corrected chi connectivity index (χ2v) is 7.61. The Balaban J connectivity index is 1.76. The number of nitrogens with one attached hydrogen (secondary N) is 1. The summed E-state index contributed by atoms with van der Waals surface area (Å²) < 4.78 is 12.9. The van der Waals surface area contributed by atoms with Crippen LogP contribution >= 0.6 is 0 Å². The molecule has 1 saturated carbocycles. The van der Waals surface area contributed by atoms with Crippen LogP contribution in [0, 0.1) is 6.92 Å². The number of oxazole rings is 1. The minimum atomic E-state index is -0.194. The third-order valence-corrected chi connectivity index (χ3v) is 5.34. The number of ether oxygens (including phenoxy) is 1. The van der Waals surface area contributed by atoms with E-state index in [1.165, 1.54) is 0 Å². The Labute approximate surface area is 163 Å². The molecule has 0 saturated heterocycles. The monoisotopic (exact) mass is 385 g/mol. The summed E-state index contributed by atoms with van der Waals surface area (Å²) in [6.45, 7) is 4.43. The first-order valence-corrected chi connectivity index (χ1v) is 9.80. The predicted molar refractivity (Wildman–Crippen MR) is 105 cm³/mol. The van der Waals surface area contributed by atoms with Gasteiger partial charge in [0.2, 0.25) is 5.95 Å². The third kappa shape index (κ3) is 3.74. The van der Waals surface area contributed by atoms with Crippen LogP contribution in [-0.4, -0.2) is 50.6 Å². The topological polar surface area (TPSA) is 97.7 Å². The largest absolute Gasteiger partial charge is 0.441 e. The first kappa shape index (κ1) is 18.9. The van der Waals surface area contributed by atoms with Crippen LogP contribution in [0.15, 0.2) is 22.9 Å². The van der Waals surface area contributed by atoms with E-state index in [4.69, 9.17) is 14.3 Å². The Morgan fingerprint density at radius 1 is 1.29 bits per heavy atom. The summed E-state index contributed by atoms with van der Waals surface area (Å²) in [6.07, 6.45) is 6.88. The van der Waals surface area contributed by atoms with Crippen molar-refractivity contribution in [3.05, 3.63) is 30.0 Å². The molecule has 150 valence electrons. The maximum absolute atomic E-state index is 9.89. The van der Waals surface area contributed by atoms with Gasteiger partial charge in [-0.1, -0.05) is 0 Å². The number of hydrogen-bond donors (Lipinski definition) is 2. The molecule has 8 heteroatoms. The highest BCUT2D eigenvalue weighted by molar-refractivity contribution is 5.78. The summed E-state index contributed by atoms with van der Waals surface area (Å²) in [6, 6.07) is 2.23. The Bertz CT molecular complexity index is 943. The highest BCUT2D eigenvalue weighted by Gasteiger charge is 2.26. The van der Waals surface area contributed by atoms with Gasteiger partial charge in [0.05, 0.1) is 30.6 Å². The highest BCUT2D eigenvalue weighted by atomic mass is 16.5. The van der Waals surface area contributed by atoms with Gasteiger partial charge in [-0.2, -0.15) is 0 Å². The molecule has 4 rings (SSSR count). The summed E-state index contributed by atoms with van der Waals surface area (Å²) in [5.74, 6) is 2.25. The molecular formula is C20H27N5O3. The van der Waals surface area contributed by atoms with Crippen molar-refractivity contribution < 1.29 is 14.3 Å². The predicted octanol–water partition coefficient (Wildman–Crippen LogP) is 3.16. The number of aliphatic hydroxyl groups is 1. The molecular weight excluding hydrogens is 358 g/mol. The average molecular weight is 385 g/mol. The van der Waals surface area contributed by atoms with Gasteiger partial charge in [-0.05, 0) is 38.7 Å². The van der Waals surface area contributed by atoms with E-state index >= 15 is 0 Å². The van der Waals surface area contributed by atoms with Gasteiger partial charge in [-0.25, -0.2) is 14.5 Å². The molecule has 0 aliphatic heterocycles. The molecule has 0 spiro atoms. The van der Waals surface area contributed by atoms with Gasteiger partial charge in [0.25, 0.3) is 0 Å². The lowest BCUT2D eigenvalue weighted by Gasteiger charge is -2.25. The number of aryl methyl sites for hydroxylation is 1. The van der Waals surface area contributed by atoms with Gasteiger partial charge < -0.3 is 19.6 Å². The first-order valence-electron chi connectivity index (χ1n) is 9.80. The lowest BCUT2D eigenvalue weighted by Crippen LogP contribution is -2.23. The smallest absolute Gasteiger partial charge is 0.241 e. The standard InChI is InChI=1S/C20H27N5O3/c1-12(11-27-3)23-20-22-9-18-16(19-10-21-13(2)28-19)8-17(25(18)24-20)14-4-6-15(26)7-5-14/h8-10,12,14-15,26H,4-7,11H2,1-3H3,(H,23,24)/t12-,14-,15-/m0/s1. The van der Waals surface area contributed by atoms with Crippen molar-refractivity contribution in [3.8, 4) is 11.3 Å². The van der Waals surface area contributed by atoms with Crippen molar-refractivity contribution in [2.75, 3.05) is 19.0 Å². The van der Waals surface area contributed by atoms with E-state index in [2.05, 4.69) is 21.4 Å². The fourth-order valence-corrected chi connectivity index (χ4v) is 3.94. The van der Waals surface area contributed by atoms with Crippen LogP contribution in [0.1, 0.15) is 50.1 Å². The molecule has 0 aromatic carbocycles. The Morgan fingerprint density at radius 3 is 2.75 bits per heavy atom. The number of aliphatic hydroxyl groups excluding tert-OH is 1. The average Bonchev–Trinajstić information content (AvgIpc) is 3.26. The maximum atomic E-state index is 9.89. The number of nitrogens with zero attached hydrogens (tertiary/aromatic N) is 4. The number of aromatic nitrogens is 4. The molecule has 1 aliphatic rings. The molecule has 28 heavy (non-hydrogen) atoms. The lowest BCUT2D eigenvalue weighted by atomic mass is 9.85. The van der Waals surface area contributed by atoms with Crippen LogP contribution in [0.4, 0.5) is 5.95 Å². The molecule has 0 amide bonds. The van der Waals surface area contributed by atoms with Crippen LogP contribution in [0.5, 0.6) is 0 Å². The molecule has 0 bridgehead atoms. The number of anilines is 1. The number of rotatable bonds is 6. The van der Waals surface area contributed by atoms with E-state index in [-0.39, 0.29) is 12.1 Å². The molecule has 3 aromatic heterocycles. The summed E-state index contributed by atoms with van der Waals surface area (Å²) in [5, 5.41) is 17.9. The van der Waals surface area contributed by atoms with E-state index in [1.807, 2.05) is 24.6 Å². The quantitative estimate of drug-likeness (QED) is 0.672. The zero-order valence-corrected chi connectivity index (χ0v) is 16.6. The molecule has 8 nitrogen and oxygen atoms in total. The minimum absolute atomic E-state index is 0.0997. The molecule has 1 fully saturated rings. The Hall–Kier alpha value is -2.45. The van der Waals surface area contributed by atoms with Gasteiger partial charge in [-0.15, -0.1) is 5.10 Å².